The number of carboxylic acid groups (broad SMARTS) is 1. The molecule has 0 aliphatic carbocycles. The molecule has 12 heteroatoms. The molecule has 0 radical (unpaired) electrons. The molecular formula is C17H16F4N4O4. The van der Waals surface area contributed by atoms with Crippen LogP contribution >= 0.6 is 0 Å². The Morgan fingerprint density at radius 3 is 2.28 bits per heavy atom. The minimum absolute atomic E-state index is 0.291. The lowest BCUT2D eigenvalue weighted by atomic mass is 10.2. The molecule has 1 aliphatic rings. The second-order valence-electron chi connectivity index (χ2n) is 5.91. The highest BCUT2D eigenvalue weighted by Crippen LogP contribution is 2.15. The van der Waals surface area contributed by atoms with Crippen molar-refractivity contribution in [3.63, 3.8) is 0 Å². The van der Waals surface area contributed by atoms with Gasteiger partial charge in [-0.1, -0.05) is 12.1 Å². The average molecular weight is 416 g/mol. The number of β-amino-alcohol motifs (C(OH)–C–C–N with tert-alkyl or cyclic N) is 1. The SMILES string of the molecule is O=C(N[C@@H]1CNC[C@@H]1O)c1cnc(-c2cccc(F)c2)nc1.O=C(O)C(F)(F)F. The van der Waals surface area contributed by atoms with Crippen LogP contribution in [-0.2, 0) is 4.79 Å². The van der Waals surface area contributed by atoms with E-state index in [9.17, 15) is 27.5 Å². The molecule has 1 aromatic heterocycles. The molecule has 1 aromatic carbocycles. The minimum atomic E-state index is -5.08. The molecule has 4 N–H and O–H groups in total. The fourth-order valence-corrected chi connectivity index (χ4v) is 2.29. The first-order valence-electron chi connectivity index (χ1n) is 8.15. The zero-order valence-electron chi connectivity index (χ0n) is 14.7. The first-order chi connectivity index (χ1) is 13.6. The maximum atomic E-state index is 13.2. The summed E-state index contributed by atoms with van der Waals surface area (Å²) >= 11 is 0. The highest BCUT2D eigenvalue weighted by molar-refractivity contribution is 5.94. The molecule has 1 amide bonds. The van der Waals surface area contributed by atoms with E-state index in [0.717, 1.165) is 0 Å². The second-order valence-corrected chi connectivity index (χ2v) is 5.91. The molecule has 2 aromatic rings. The first-order valence-corrected chi connectivity index (χ1v) is 8.15. The number of hydrogen-bond acceptors (Lipinski definition) is 6. The molecule has 0 bridgehead atoms. The molecular weight excluding hydrogens is 400 g/mol. The number of carboxylic acids is 1. The smallest absolute Gasteiger partial charge is 0.475 e. The van der Waals surface area contributed by atoms with E-state index in [1.165, 1.54) is 24.5 Å². The Kier molecular flexibility index (Phi) is 7.18. The number of aliphatic carboxylic acids is 1. The van der Waals surface area contributed by atoms with Crippen LogP contribution in [0.3, 0.4) is 0 Å². The molecule has 1 saturated heterocycles. The van der Waals surface area contributed by atoms with Crippen molar-refractivity contribution in [2.75, 3.05) is 13.1 Å². The van der Waals surface area contributed by atoms with E-state index in [1.54, 1.807) is 12.1 Å². The molecule has 2 atom stereocenters. The van der Waals surface area contributed by atoms with Gasteiger partial charge >= 0.3 is 12.1 Å². The Morgan fingerprint density at radius 1 is 1.17 bits per heavy atom. The largest absolute Gasteiger partial charge is 0.490 e. The molecule has 1 aliphatic heterocycles. The third kappa shape index (κ3) is 6.47. The Bertz CT molecular complexity index is 861. The van der Waals surface area contributed by atoms with Crippen LogP contribution in [-0.4, -0.2) is 63.5 Å². The molecule has 0 spiro atoms. The quantitative estimate of drug-likeness (QED) is 0.550. The minimum Gasteiger partial charge on any atom is -0.475 e. The zero-order chi connectivity index (χ0) is 21.6. The maximum absolute atomic E-state index is 13.2. The third-order valence-corrected chi connectivity index (χ3v) is 3.74. The van der Waals surface area contributed by atoms with Gasteiger partial charge in [0.15, 0.2) is 5.82 Å². The molecule has 1 fully saturated rings. The van der Waals surface area contributed by atoms with E-state index >= 15 is 0 Å². The number of benzene rings is 1. The number of carbonyl (C=O) groups excluding carboxylic acids is 1. The molecule has 8 nitrogen and oxygen atoms in total. The lowest BCUT2D eigenvalue weighted by molar-refractivity contribution is -0.192. The number of nitrogens with zero attached hydrogens (tertiary/aromatic N) is 2. The van der Waals surface area contributed by atoms with Gasteiger partial charge in [0.25, 0.3) is 5.91 Å². The van der Waals surface area contributed by atoms with Crippen LogP contribution in [0.4, 0.5) is 17.6 Å². The lowest BCUT2D eigenvalue weighted by Gasteiger charge is -2.15. The van der Waals surface area contributed by atoms with Crippen LogP contribution in [0.2, 0.25) is 0 Å². The summed E-state index contributed by atoms with van der Waals surface area (Å²) in [6.45, 7) is 0.981. The van der Waals surface area contributed by atoms with E-state index in [2.05, 4.69) is 20.6 Å². The van der Waals surface area contributed by atoms with E-state index in [0.29, 0.717) is 30.0 Å². The number of nitrogens with one attached hydrogen (secondary N) is 2. The van der Waals surface area contributed by atoms with Crippen LogP contribution < -0.4 is 10.6 Å². The molecule has 0 unspecified atom stereocenters. The molecule has 3 rings (SSSR count). The fourth-order valence-electron chi connectivity index (χ4n) is 2.29. The van der Waals surface area contributed by atoms with Gasteiger partial charge in [-0.05, 0) is 12.1 Å². The van der Waals surface area contributed by atoms with Crippen LogP contribution in [0.15, 0.2) is 36.7 Å². The Balaban J connectivity index is 0.000000370. The van der Waals surface area contributed by atoms with E-state index in [-0.39, 0.29) is 17.8 Å². The van der Waals surface area contributed by atoms with Crippen molar-refractivity contribution in [1.82, 2.24) is 20.6 Å². The summed E-state index contributed by atoms with van der Waals surface area (Å²) in [5.74, 6) is -3.13. The summed E-state index contributed by atoms with van der Waals surface area (Å²) in [5, 5.41) is 22.5. The number of aliphatic hydroxyl groups is 1. The fraction of sp³-hybridized carbons (Fsp3) is 0.294. The number of aromatic nitrogens is 2. The average Bonchev–Trinajstić information content (AvgIpc) is 3.06. The molecule has 29 heavy (non-hydrogen) atoms. The molecule has 156 valence electrons. The zero-order valence-corrected chi connectivity index (χ0v) is 14.7. The van der Waals surface area contributed by atoms with Crippen molar-refractivity contribution in [2.45, 2.75) is 18.3 Å². The van der Waals surface area contributed by atoms with Gasteiger partial charge in [-0.2, -0.15) is 13.2 Å². The highest BCUT2D eigenvalue weighted by atomic mass is 19.4. The van der Waals surface area contributed by atoms with Gasteiger partial charge < -0.3 is 20.8 Å². The summed E-state index contributed by atoms with van der Waals surface area (Å²) in [4.78, 5) is 29.1. The summed E-state index contributed by atoms with van der Waals surface area (Å²) in [7, 11) is 0. The number of amides is 1. The highest BCUT2D eigenvalue weighted by Gasteiger charge is 2.38. The van der Waals surface area contributed by atoms with Gasteiger partial charge in [0.1, 0.15) is 5.82 Å². The van der Waals surface area contributed by atoms with E-state index < -0.39 is 18.2 Å². The van der Waals surface area contributed by atoms with Crippen molar-refractivity contribution in [3.05, 3.63) is 48.0 Å². The summed E-state index contributed by atoms with van der Waals surface area (Å²) in [6, 6.07) is 5.61. The van der Waals surface area contributed by atoms with Gasteiger partial charge in [-0.15, -0.1) is 0 Å². The Morgan fingerprint density at radius 2 is 1.79 bits per heavy atom. The van der Waals surface area contributed by atoms with Crippen LogP contribution in [0.25, 0.3) is 11.4 Å². The van der Waals surface area contributed by atoms with Crippen LogP contribution in [0, 0.1) is 5.82 Å². The third-order valence-electron chi connectivity index (χ3n) is 3.74. The number of hydrogen-bond donors (Lipinski definition) is 4. The number of halogens is 4. The molecule has 2 heterocycles. The number of aliphatic hydroxyl groups excluding tert-OH is 1. The summed E-state index contributed by atoms with van der Waals surface area (Å²) in [5.41, 5.74) is 0.835. The normalized spacial score (nSPS) is 18.5. The topological polar surface area (TPSA) is 124 Å². The number of alkyl halides is 3. The van der Waals surface area contributed by atoms with E-state index in [4.69, 9.17) is 9.90 Å². The monoisotopic (exact) mass is 416 g/mol. The van der Waals surface area contributed by atoms with Crippen LogP contribution in [0.1, 0.15) is 10.4 Å². The van der Waals surface area contributed by atoms with E-state index in [1.807, 2.05) is 0 Å². The van der Waals surface area contributed by atoms with Gasteiger partial charge in [0, 0.05) is 31.0 Å². The summed E-state index contributed by atoms with van der Waals surface area (Å²) < 4.78 is 44.9. The maximum Gasteiger partial charge on any atom is 0.490 e. The van der Waals surface area contributed by atoms with Crippen molar-refractivity contribution >= 4 is 11.9 Å². The first kappa shape index (κ1) is 22.2. The molecule has 0 saturated carbocycles. The van der Waals surface area contributed by atoms with Gasteiger partial charge in [-0.3, -0.25) is 4.79 Å². The predicted molar refractivity (Wildman–Crippen MR) is 91.2 cm³/mol. The Hall–Kier alpha value is -3.12. The predicted octanol–water partition coefficient (Wildman–Crippen LogP) is 0.979. The van der Waals surface area contributed by atoms with Crippen molar-refractivity contribution < 1.29 is 37.4 Å². The number of carbonyl (C=O) groups is 2. The van der Waals surface area contributed by atoms with Gasteiger partial charge in [-0.25, -0.2) is 19.2 Å². The lowest BCUT2D eigenvalue weighted by Crippen LogP contribution is -2.42. The number of rotatable bonds is 3. The summed E-state index contributed by atoms with van der Waals surface area (Å²) in [6.07, 6.45) is -2.91. The Labute approximate surface area is 161 Å². The van der Waals surface area contributed by atoms with Crippen molar-refractivity contribution in [1.29, 1.82) is 0 Å². The van der Waals surface area contributed by atoms with Crippen molar-refractivity contribution in [2.24, 2.45) is 0 Å². The second kappa shape index (κ2) is 9.39. The van der Waals surface area contributed by atoms with Gasteiger partial charge in [0.05, 0.1) is 17.7 Å². The van der Waals surface area contributed by atoms with Gasteiger partial charge in [0.2, 0.25) is 0 Å². The van der Waals surface area contributed by atoms with Crippen LogP contribution in [0.5, 0.6) is 0 Å². The standard InChI is InChI=1S/C15H15FN4O2.C2HF3O2/c16-11-3-1-2-9(4-11)14-18-5-10(6-19-14)15(22)20-12-7-17-8-13(12)21;3-2(4,5)1(6)7/h1-6,12-13,17,21H,7-8H2,(H,20,22);(H,6,7)/t12-,13+;/m1./s1. The van der Waals surface area contributed by atoms with Crippen molar-refractivity contribution in [3.8, 4) is 11.4 Å².